The second kappa shape index (κ2) is 6.27. The minimum absolute atomic E-state index is 0.113. The minimum atomic E-state index is -0.619. The van der Waals surface area contributed by atoms with Crippen molar-refractivity contribution in [2.75, 3.05) is 12.4 Å². The smallest absolute Gasteiger partial charge is 0.329 e. The Kier molecular flexibility index (Phi) is 4.14. The highest BCUT2D eigenvalue weighted by Crippen LogP contribution is 2.20. The van der Waals surface area contributed by atoms with Crippen LogP contribution in [0.3, 0.4) is 0 Å². The SMILES string of the molecule is COC(=O)Cn1c(Nc2ccc(C)cc2)nc2c1c(=O)[nH]c(=O)n2C. The molecule has 0 radical (unpaired) electrons. The Morgan fingerprint density at radius 3 is 2.60 bits per heavy atom. The largest absolute Gasteiger partial charge is 0.468 e. The van der Waals surface area contributed by atoms with Gasteiger partial charge in [-0.2, -0.15) is 4.98 Å². The zero-order valence-electron chi connectivity index (χ0n) is 14.0. The maximum absolute atomic E-state index is 12.2. The Morgan fingerprint density at radius 1 is 1.28 bits per heavy atom. The van der Waals surface area contributed by atoms with Crippen molar-refractivity contribution in [3.05, 3.63) is 50.7 Å². The van der Waals surface area contributed by atoms with Gasteiger partial charge in [0.25, 0.3) is 5.56 Å². The number of hydrogen-bond donors (Lipinski definition) is 2. The molecular weight excluding hydrogens is 326 g/mol. The van der Waals surface area contributed by atoms with Crippen molar-refractivity contribution >= 4 is 28.8 Å². The summed E-state index contributed by atoms with van der Waals surface area (Å²) in [5.74, 6) is -0.282. The molecule has 0 amide bonds. The van der Waals surface area contributed by atoms with Crippen LogP contribution in [-0.4, -0.2) is 32.2 Å². The van der Waals surface area contributed by atoms with E-state index < -0.39 is 17.2 Å². The van der Waals surface area contributed by atoms with E-state index in [1.54, 1.807) is 0 Å². The molecule has 0 bridgehead atoms. The molecule has 2 heterocycles. The Hall–Kier alpha value is -3.36. The van der Waals surface area contributed by atoms with Gasteiger partial charge >= 0.3 is 11.7 Å². The number of hydrogen-bond acceptors (Lipinski definition) is 6. The number of nitrogens with one attached hydrogen (secondary N) is 2. The molecule has 130 valence electrons. The van der Waals surface area contributed by atoms with Gasteiger partial charge in [-0.05, 0) is 19.1 Å². The fourth-order valence-corrected chi connectivity index (χ4v) is 2.44. The van der Waals surface area contributed by atoms with Gasteiger partial charge in [-0.25, -0.2) is 4.79 Å². The highest BCUT2D eigenvalue weighted by atomic mass is 16.5. The molecule has 0 saturated heterocycles. The summed E-state index contributed by atoms with van der Waals surface area (Å²) in [6, 6.07) is 7.53. The second-order valence-electron chi connectivity index (χ2n) is 5.58. The number of benzene rings is 1. The van der Waals surface area contributed by atoms with Crippen LogP contribution in [0.5, 0.6) is 0 Å². The van der Waals surface area contributed by atoms with Crippen molar-refractivity contribution in [1.29, 1.82) is 0 Å². The number of aromatic amines is 1. The van der Waals surface area contributed by atoms with Crippen LogP contribution in [0.1, 0.15) is 5.56 Å². The van der Waals surface area contributed by atoms with Crippen molar-refractivity contribution in [2.45, 2.75) is 13.5 Å². The second-order valence-corrected chi connectivity index (χ2v) is 5.58. The maximum atomic E-state index is 12.2. The van der Waals surface area contributed by atoms with Crippen LogP contribution in [0.4, 0.5) is 11.6 Å². The van der Waals surface area contributed by atoms with Gasteiger partial charge in [-0.3, -0.25) is 23.7 Å². The van der Waals surface area contributed by atoms with E-state index in [0.717, 1.165) is 11.3 Å². The predicted molar refractivity (Wildman–Crippen MR) is 92.1 cm³/mol. The quantitative estimate of drug-likeness (QED) is 0.673. The summed E-state index contributed by atoms with van der Waals surface area (Å²) < 4.78 is 7.29. The van der Waals surface area contributed by atoms with E-state index >= 15 is 0 Å². The van der Waals surface area contributed by atoms with E-state index in [1.807, 2.05) is 31.2 Å². The molecule has 0 saturated carbocycles. The molecule has 0 aliphatic heterocycles. The monoisotopic (exact) mass is 343 g/mol. The number of carbonyl (C=O) groups excluding carboxylic acids is 1. The molecule has 3 aromatic rings. The van der Waals surface area contributed by atoms with E-state index in [2.05, 4.69) is 15.3 Å². The molecule has 2 aromatic heterocycles. The fourth-order valence-electron chi connectivity index (χ4n) is 2.44. The Balaban J connectivity index is 2.20. The van der Waals surface area contributed by atoms with E-state index in [9.17, 15) is 14.4 Å². The first-order chi connectivity index (χ1) is 11.9. The van der Waals surface area contributed by atoms with Crippen molar-refractivity contribution in [3.8, 4) is 0 Å². The molecule has 9 heteroatoms. The van der Waals surface area contributed by atoms with Gasteiger partial charge in [0, 0.05) is 12.7 Å². The Morgan fingerprint density at radius 2 is 1.96 bits per heavy atom. The van der Waals surface area contributed by atoms with Gasteiger partial charge in [0.2, 0.25) is 5.95 Å². The summed E-state index contributed by atoms with van der Waals surface area (Å²) in [7, 11) is 2.75. The summed E-state index contributed by atoms with van der Waals surface area (Å²) in [6.07, 6.45) is 0. The molecule has 0 spiro atoms. The lowest BCUT2D eigenvalue weighted by Crippen LogP contribution is -2.29. The lowest BCUT2D eigenvalue weighted by molar-refractivity contribution is -0.141. The summed E-state index contributed by atoms with van der Waals surface area (Å²) >= 11 is 0. The number of nitrogens with zero attached hydrogens (tertiary/aromatic N) is 3. The van der Waals surface area contributed by atoms with Gasteiger partial charge in [0.15, 0.2) is 11.2 Å². The number of anilines is 2. The average Bonchev–Trinajstić information content (AvgIpc) is 2.93. The van der Waals surface area contributed by atoms with Crippen molar-refractivity contribution in [2.24, 2.45) is 7.05 Å². The number of carbonyl (C=O) groups is 1. The van der Waals surface area contributed by atoms with Crippen LogP contribution in [-0.2, 0) is 23.1 Å². The van der Waals surface area contributed by atoms with Crippen LogP contribution in [0.2, 0.25) is 0 Å². The van der Waals surface area contributed by atoms with Gasteiger partial charge in [0.1, 0.15) is 6.54 Å². The molecule has 0 unspecified atom stereocenters. The number of aryl methyl sites for hydroxylation is 2. The number of aromatic nitrogens is 4. The van der Waals surface area contributed by atoms with E-state index in [0.29, 0.717) is 0 Å². The molecule has 0 aliphatic carbocycles. The standard InChI is InChI=1S/C16H17N5O4/c1-9-4-6-10(7-5-9)17-15-18-13-12(21(15)8-11(22)25-3)14(23)19-16(24)20(13)2/h4-7H,8H2,1-3H3,(H,17,18)(H,19,23,24). The first-order valence-corrected chi connectivity index (χ1v) is 7.50. The third kappa shape index (κ3) is 3.03. The molecule has 0 atom stereocenters. The molecule has 25 heavy (non-hydrogen) atoms. The van der Waals surface area contributed by atoms with Crippen LogP contribution < -0.4 is 16.6 Å². The van der Waals surface area contributed by atoms with Crippen molar-refractivity contribution in [1.82, 2.24) is 19.1 Å². The number of imidazole rings is 1. The van der Waals surface area contributed by atoms with Crippen LogP contribution in [0.25, 0.3) is 11.2 Å². The lowest BCUT2D eigenvalue weighted by Gasteiger charge is -2.09. The molecule has 0 fully saturated rings. The Labute approximate surface area is 141 Å². The van der Waals surface area contributed by atoms with E-state index in [4.69, 9.17) is 4.74 Å². The van der Waals surface area contributed by atoms with Gasteiger partial charge in [0.05, 0.1) is 7.11 Å². The summed E-state index contributed by atoms with van der Waals surface area (Å²) in [6.45, 7) is 1.74. The summed E-state index contributed by atoms with van der Waals surface area (Å²) in [5.41, 5.74) is 0.906. The zero-order chi connectivity index (χ0) is 18.1. The topological polar surface area (TPSA) is 111 Å². The van der Waals surface area contributed by atoms with Crippen LogP contribution >= 0.6 is 0 Å². The molecular formula is C16H17N5O4. The predicted octanol–water partition coefficient (Wildman–Crippen LogP) is 0.648. The number of rotatable bonds is 4. The van der Waals surface area contributed by atoms with Gasteiger partial charge in [-0.1, -0.05) is 17.7 Å². The lowest BCUT2D eigenvalue weighted by atomic mass is 10.2. The Bertz CT molecular complexity index is 1060. The number of fused-ring (bicyclic) bond motifs is 1. The average molecular weight is 343 g/mol. The van der Waals surface area contributed by atoms with Crippen LogP contribution in [0.15, 0.2) is 33.9 Å². The van der Waals surface area contributed by atoms with Crippen molar-refractivity contribution < 1.29 is 9.53 Å². The highest BCUT2D eigenvalue weighted by molar-refractivity contribution is 5.79. The normalized spacial score (nSPS) is 10.8. The zero-order valence-corrected chi connectivity index (χ0v) is 14.0. The van der Waals surface area contributed by atoms with E-state index in [1.165, 1.54) is 23.3 Å². The molecule has 0 aliphatic rings. The highest BCUT2D eigenvalue weighted by Gasteiger charge is 2.19. The number of esters is 1. The van der Waals surface area contributed by atoms with Crippen molar-refractivity contribution in [3.63, 3.8) is 0 Å². The van der Waals surface area contributed by atoms with E-state index in [-0.39, 0.29) is 23.7 Å². The fraction of sp³-hybridized carbons (Fsp3) is 0.250. The molecule has 3 rings (SSSR count). The molecule has 1 aromatic carbocycles. The summed E-state index contributed by atoms with van der Waals surface area (Å²) in [5, 5.41) is 3.07. The first kappa shape index (κ1) is 16.5. The third-order valence-electron chi connectivity index (χ3n) is 3.83. The van der Waals surface area contributed by atoms with Crippen LogP contribution in [0, 0.1) is 6.92 Å². The third-order valence-corrected chi connectivity index (χ3v) is 3.83. The maximum Gasteiger partial charge on any atom is 0.329 e. The minimum Gasteiger partial charge on any atom is -0.468 e. The number of ether oxygens (including phenoxy) is 1. The molecule has 9 nitrogen and oxygen atoms in total. The van der Waals surface area contributed by atoms with Gasteiger partial charge in [-0.15, -0.1) is 0 Å². The first-order valence-electron chi connectivity index (χ1n) is 7.50. The summed E-state index contributed by atoms with van der Waals surface area (Å²) in [4.78, 5) is 42.3. The molecule has 2 N–H and O–H groups in total. The number of H-pyrrole nitrogens is 1. The van der Waals surface area contributed by atoms with Gasteiger partial charge < -0.3 is 10.1 Å². The number of methoxy groups -OCH3 is 1.